The molecule has 0 N–H and O–H groups in total. The van der Waals surface area contributed by atoms with Gasteiger partial charge in [-0.15, -0.1) is 0 Å². The Balaban J connectivity index is 2.42. The van der Waals surface area contributed by atoms with E-state index in [0.717, 1.165) is 5.39 Å². The van der Waals surface area contributed by atoms with Crippen LogP contribution in [0.1, 0.15) is 17.5 Å². The van der Waals surface area contributed by atoms with E-state index in [-0.39, 0.29) is 5.76 Å². The normalized spacial score (nSPS) is 10.5. The molecular weight excluding hydrogens is 218 g/mol. The van der Waals surface area contributed by atoms with Gasteiger partial charge < -0.3 is 9.15 Å². The van der Waals surface area contributed by atoms with Crippen molar-refractivity contribution in [1.82, 2.24) is 4.98 Å². The summed E-state index contributed by atoms with van der Waals surface area (Å²) in [5.74, 6) is -0.319. The van der Waals surface area contributed by atoms with Gasteiger partial charge in [-0.05, 0) is 19.1 Å². The van der Waals surface area contributed by atoms with Crippen molar-refractivity contribution >= 4 is 28.5 Å². The van der Waals surface area contributed by atoms with Crippen LogP contribution in [-0.2, 0) is 4.74 Å². The summed E-state index contributed by atoms with van der Waals surface area (Å²) >= 11 is 5.70. The first-order chi connectivity index (χ1) is 7.20. The Kier molecular flexibility index (Phi) is 2.60. The number of carbonyl (C=O) groups is 1. The molecule has 0 atom stereocenters. The fourth-order valence-electron chi connectivity index (χ4n) is 1.22. The molecule has 0 spiro atoms. The summed E-state index contributed by atoms with van der Waals surface area (Å²) < 4.78 is 10.0. The van der Waals surface area contributed by atoms with E-state index in [4.69, 9.17) is 20.8 Å². The number of ether oxygens (including phenoxy) is 1. The zero-order chi connectivity index (χ0) is 10.8. The first-order valence-corrected chi connectivity index (χ1v) is 4.80. The van der Waals surface area contributed by atoms with E-state index in [1.807, 2.05) is 0 Å². The van der Waals surface area contributed by atoms with Crippen LogP contribution in [0.4, 0.5) is 0 Å². The highest BCUT2D eigenvalue weighted by molar-refractivity contribution is 6.30. The number of furan rings is 1. The standard InChI is InChI=1S/C10H8ClNO3/c1-2-14-10(13)7-3-6-4-9(11)12-5-8(6)15-7/h3-5H,2H2,1H3. The number of hydrogen-bond donors (Lipinski definition) is 0. The highest BCUT2D eigenvalue weighted by Crippen LogP contribution is 2.21. The number of carbonyl (C=O) groups excluding carboxylic acids is 1. The predicted octanol–water partition coefficient (Wildman–Crippen LogP) is 2.66. The first-order valence-electron chi connectivity index (χ1n) is 4.43. The molecule has 0 bridgehead atoms. The molecule has 0 saturated heterocycles. The van der Waals surface area contributed by atoms with Gasteiger partial charge in [-0.3, -0.25) is 0 Å². The van der Waals surface area contributed by atoms with E-state index in [2.05, 4.69) is 4.98 Å². The maximum absolute atomic E-state index is 11.3. The van der Waals surface area contributed by atoms with E-state index in [1.165, 1.54) is 6.20 Å². The molecule has 0 aliphatic rings. The summed E-state index contributed by atoms with van der Waals surface area (Å²) in [5, 5.41) is 1.09. The molecule has 0 saturated carbocycles. The third kappa shape index (κ3) is 1.94. The zero-order valence-electron chi connectivity index (χ0n) is 7.99. The van der Waals surface area contributed by atoms with Crippen molar-refractivity contribution < 1.29 is 13.9 Å². The van der Waals surface area contributed by atoms with Gasteiger partial charge in [0.15, 0.2) is 5.58 Å². The Morgan fingerprint density at radius 1 is 1.60 bits per heavy atom. The minimum absolute atomic E-state index is 0.163. The lowest BCUT2D eigenvalue weighted by Crippen LogP contribution is -2.02. The van der Waals surface area contributed by atoms with Crippen molar-refractivity contribution in [2.24, 2.45) is 0 Å². The molecule has 78 valence electrons. The average Bonchev–Trinajstić information content (AvgIpc) is 2.60. The molecule has 0 fully saturated rings. The lowest BCUT2D eigenvalue weighted by Gasteiger charge is -1.95. The van der Waals surface area contributed by atoms with Gasteiger partial charge in [-0.25, -0.2) is 9.78 Å². The summed E-state index contributed by atoms with van der Waals surface area (Å²) in [7, 11) is 0. The van der Waals surface area contributed by atoms with Crippen LogP contribution in [0.3, 0.4) is 0 Å². The summed E-state index contributed by atoms with van der Waals surface area (Å²) in [6, 6.07) is 3.21. The average molecular weight is 226 g/mol. The van der Waals surface area contributed by atoms with Crippen molar-refractivity contribution in [3.63, 3.8) is 0 Å². The number of pyridine rings is 1. The molecule has 5 heteroatoms. The van der Waals surface area contributed by atoms with Crippen molar-refractivity contribution in [2.75, 3.05) is 6.61 Å². The number of esters is 1. The molecular formula is C10H8ClNO3. The van der Waals surface area contributed by atoms with E-state index < -0.39 is 5.97 Å². The third-order valence-electron chi connectivity index (χ3n) is 1.85. The van der Waals surface area contributed by atoms with Crippen LogP contribution in [0.2, 0.25) is 5.15 Å². The quantitative estimate of drug-likeness (QED) is 0.582. The Morgan fingerprint density at radius 3 is 3.13 bits per heavy atom. The molecule has 0 amide bonds. The smallest absolute Gasteiger partial charge is 0.374 e. The number of nitrogens with zero attached hydrogens (tertiary/aromatic N) is 1. The molecule has 0 aliphatic carbocycles. The number of aromatic nitrogens is 1. The van der Waals surface area contributed by atoms with Crippen LogP contribution in [0.25, 0.3) is 11.0 Å². The largest absolute Gasteiger partial charge is 0.460 e. The van der Waals surface area contributed by atoms with Crippen molar-refractivity contribution in [1.29, 1.82) is 0 Å². The number of rotatable bonds is 2. The molecule has 0 aromatic carbocycles. The fourth-order valence-corrected chi connectivity index (χ4v) is 1.39. The van der Waals surface area contributed by atoms with Gasteiger partial charge in [0.2, 0.25) is 5.76 Å². The molecule has 2 aromatic heterocycles. The van der Waals surface area contributed by atoms with E-state index in [0.29, 0.717) is 17.3 Å². The SMILES string of the molecule is CCOC(=O)c1cc2cc(Cl)ncc2o1. The van der Waals surface area contributed by atoms with Crippen LogP contribution in [0, 0.1) is 0 Å². The maximum atomic E-state index is 11.3. The minimum atomic E-state index is -0.482. The van der Waals surface area contributed by atoms with Crippen LogP contribution in [0.15, 0.2) is 22.7 Å². The van der Waals surface area contributed by atoms with Crippen LogP contribution in [0.5, 0.6) is 0 Å². The Morgan fingerprint density at radius 2 is 2.40 bits per heavy atom. The summed E-state index contributed by atoms with van der Waals surface area (Å²) in [5.41, 5.74) is 0.516. The molecule has 2 aromatic rings. The molecule has 0 aliphatic heterocycles. The Labute approximate surface area is 90.8 Å². The van der Waals surface area contributed by atoms with Gasteiger partial charge in [0.25, 0.3) is 0 Å². The first kappa shape index (κ1) is 9.98. The molecule has 0 unspecified atom stereocenters. The second kappa shape index (κ2) is 3.90. The van der Waals surface area contributed by atoms with Crippen LogP contribution >= 0.6 is 11.6 Å². The summed E-state index contributed by atoms with van der Waals surface area (Å²) in [6.45, 7) is 2.05. The fraction of sp³-hybridized carbons (Fsp3) is 0.200. The predicted molar refractivity (Wildman–Crippen MR) is 55.0 cm³/mol. The van der Waals surface area contributed by atoms with Crippen molar-refractivity contribution in [3.8, 4) is 0 Å². The van der Waals surface area contributed by atoms with Gasteiger partial charge in [-0.1, -0.05) is 11.6 Å². The van der Waals surface area contributed by atoms with Gasteiger partial charge in [0, 0.05) is 5.39 Å². The van der Waals surface area contributed by atoms with Crippen LogP contribution in [-0.4, -0.2) is 17.6 Å². The second-order valence-electron chi connectivity index (χ2n) is 2.88. The number of halogens is 1. The third-order valence-corrected chi connectivity index (χ3v) is 2.05. The molecule has 4 nitrogen and oxygen atoms in total. The van der Waals surface area contributed by atoms with E-state index in [1.54, 1.807) is 19.1 Å². The summed E-state index contributed by atoms with van der Waals surface area (Å²) in [4.78, 5) is 15.2. The van der Waals surface area contributed by atoms with E-state index >= 15 is 0 Å². The molecule has 2 heterocycles. The lowest BCUT2D eigenvalue weighted by molar-refractivity contribution is 0.0492. The number of fused-ring (bicyclic) bond motifs is 1. The van der Waals surface area contributed by atoms with Crippen molar-refractivity contribution in [3.05, 3.63) is 29.2 Å². The monoisotopic (exact) mass is 225 g/mol. The lowest BCUT2D eigenvalue weighted by atomic mass is 10.3. The molecule has 15 heavy (non-hydrogen) atoms. The number of hydrogen-bond acceptors (Lipinski definition) is 4. The van der Waals surface area contributed by atoms with Gasteiger partial charge in [0.1, 0.15) is 5.15 Å². The van der Waals surface area contributed by atoms with E-state index in [9.17, 15) is 4.79 Å². The highest BCUT2D eigenvalue weighted by atomic mass is 35.5. The summed E-state index contributed by atoms with van der Waals surface area (Å²) in [6.07, 6.45) is 1.47. The van der Waals surface area contributed by atoms with Crippen molar-refractivity contribution in [2.45, 2.75) is 6.92 Å². The van der Waals surface area contributed by atoms with Gasteiger partial charge >= 0.3 is 5.97 Å². The Hall–Kier alpha value is -1.55. The minimum Gasteiger partial charge on any atom is -0.460 e. The topological polar surface area (TPSA) is 52.3 Å². The highest BCUT2D eigenvalue weighted by Gasteiger charge is 2.13. The molecule has 0 radical (unpaired) electrons. The molecule has 2 rings (SSSR count). The van der Waals surface area contributed by atoms with Gasteiger partial charge in [0.05, 0.1) is 12.8 Å². The zero-order valence-corrected chi connectivity index (χ0v) is 8.75. The van der Waals surface area contributed by atoms with Gasteiger partial charge in [-0.2, -0.15) is 0 Å². The van der Waals surface area contributed by atoms with Crippen LogP contribution < -0.4 is 0 Å². The maximum Gasteiger partial charge on any atom is 0.374 e. The Bertz CT molecular complexity index is 506. The second-order valence-corrected chi connectivity index (χ2v) is 3.26.